The molecular formula is C22H13FO2. The van der Waals surface area contributed by atoms with Crippen LogP contribution in [0.3, 0.4) is 0 Å². The summed E-state index contributed by atoms with van der Waals surface area (Å²) in [6.07, 6.45) is 0. The lowest BCUT2D eigenvalue weighted by Gasteiger charge is -2.11. The molecule has 0 aliphatic rings. The smallest absolute Gasteiger partial charge is 0.131 e. The molecule has 0 bridgehead atoms. The van der Waals surface area contributed by atoms with Gasteiger partial charge in [-0.25, -0.2) is 4.39 Å². The third-order valence-corrected chi connectivity index (χ3v) is 4.84. The molecular weight excluding hydrogens is 315 g/mol. The minimum Gasteiger partial charge on any atom is -0.507 e. The van der Waals surface area contributed by atoms with Crippen molar-refractivity contribution in [1.29, 1.82) is 0 Å². The Balaban J connectivity index is 1.98. The lowest BCUT2D eigenvalue weighted by atomic mass is 9.96. The summed E-state index contributed by atoms with van der Waals surface area (Å²) in [6, 6.07) is 19.6. The van der Waals surface area contributed by atoms with E-state index in [9.17, 15) is 14.6 Å². The minimum absolute atomic E-state index is 0.0570. The van der Waals surface area contributed by atoms with Gasteiger partial charge in [-0.05, 0) is 57.9 Å². The Hall–Kier alpha value is -3.33. The Kier molecular flexibility index (Phi) is 2.72. The number of hydrogen-bond donors (Lipinski definition) is 2. The highest BCUT2D eigenvalue weighted by atomic mass is 19.1. The van der Waals surface area contributed by atoms with Crippen LogP contribution in [-0.2, 0) is 0 Å². The molecule has 5 rings (SSSR count). The van der Waals surface area contributed by atoms with Gasteiger partial charge in [-0.2, -0.15) is 0 Å². The third kappa shape index (κ3) is 1.96. The Morgan fingerprint density at radius 1 is 0.520 bits per heavy atom. The van der Waals surface area contributed by atoms with E-state index in [-0.39, 0.29) is 17.3 Å². The van der Waals surface area contributed by atoms with Gasteiger partial charge >= 0.3 is 0 Å². The van der Waals surface area contributed by atoms with Crippen LogP contribution < -0.4 is 0 Å². The number of halogens is 1. The van der Waals surface area contributed by atoms with Gasteiger partial charge in [0.1, 0.15) is 17.3 Å². The van der Waals surface area contributed by atoms with Crippen LogP contribution in [-0.4, -0.2) is 10.2 Å². The molecule has 0 aromatic heterocycles. The minimum atomic E-state index is -0.383. The van der Waals surface area contributed by atoms with E-state index in [2.05, 4.69) is 0 Å². The lowest BCUT2D eigenvalue weighted by Crippen LogP contribution is -1.84. The molecule has 0 radical (unpaired) electrons. The molecule has 0 saturated heterocycles. The summed E-state index contributed by atoms with van der Waals surface area (Å²) in [5.41, 5.74) is 0. The van der Waals surface area contributed by atoms with E-state index in [1.54, 1.807) is 6.07 Å². The van der Waals surface area contributed by atoms with Crippen molar-refractivity contribution in [3.63, 3.8) is 0 Å². The van der Waals surface area contributed by atoms with E-state index in [0.717, 1.165) is 32.3 Å². The summed E-state index contributed by atoms with van der Waals surface area (Å²) < 4.78 is 13.6. The van der Waals surface area contributed by atoms with Crippen LogP contribution >= 0.6 is 0 Å². The van der Waals surface area contributed by atoms with Crippen LogP contribution in [0.2, 0.25) is 0 Å². The van der Waals surface area contributed by atoms with E-state index < -0.39 is 0 Å². The third-order valence-electron chi connectivity index (χ3n) is 4.84. The molecule has 25 heavy (non-hydrogen) atoms. The summed E-state index contributed by atoms with van der Waals surface area (Å²) in [5, 5.41) is 27.3. The Morgan fingerprint density at radius 3 is 1.80 bits per heavy atom. The molecule has 0 amide bonds. The fraction of sp³-hybridized carbons (Fsp3) is 0. The average Bonchev–Trinajstić information content (AvgIpc) is 2.62. The van der Waals surface area contributed by atoms with Crippen molar-refractivity contribution < 1.29 is 14.6 Å². The summed E-state index contributed by atoms with van der Waals surface area (Å²) in [7, 11) is 0. The first-order valence-corrected chi connectivity index (χ1v) is 8.01. The first-order valence-electron chi connectivity index (χ1n) is 8.01. The molecule has 0 aliphatic heterocycles. The maximum atomic E-state index is 13.6. The SMILES string of the molecule is Oc1c2ccccc2cc2cc3c(O)c4cc(F)ccc4cc3cc12. The molecule has 120 valence electrons. The van der Waals surface area contributed by atoms with Gasteiger partial charge < -0.3 is 10.2 Å². The number of rotatable bonds is 0. The van der Waals surface area contributed by atoms with E-state index in [4.69, 9.17) is 0 Å². The van der Waals surface area contributed by atoms with Gasteiger partial charge in [0.2, 0.25) is 0 Å². The predicted octanol–water partition coefficient (Wildman–Crippen LogP) is 5.85. The van der Waals surface area contributed by atoms with E-state index >= 15 is 0 Å². The molecule has 5 aromatic carbocycles. The lowest BCUT2D eigenvalue weighted by molar-refractivity contribution is 0.486. The molecule has 0 heterocycles. The monoisotopic (exact) mass is 328 g/mol. The average molecular weight is 328 g/mol. The fourth-order valence-electron chi connectivity index (χ4n) is 3.61. The molecule has 5 aromatic rings. The Bertz CT molecular complexity index is 1320. The van der Waals surface area contributed by atoms with Gasteiger partial charge in [-0.3, -0.25) is 0 Å². The van der Waals surface area contributed by atoms with Gasteiger partial charge in [-0.15, -0.1) is 0 Å². The standard InChI is InChI=1S/C22H13FO2/c23-16-6-5-13-8-15-9-18-14(10-19(15)22(25)20(13)11-16)7-12-3-1-2-4-17(12)21(18)24/h1-11,24-25H. The largest absolute Gasteiger partial charge is 0.507 e. The quantitative estimate of drug-likeness (QED) is 0.350. The molecule has 0 saturated carbocycles. The number of aromatic hydroxyl groups is 2. The highest BCUT2D eigenvalue weighted by Gasteiger charge is 2.12. The number of phenolic OH excluding ortho intramolecular Hbond substituents is 2. The molecule has 0 fully saturated rings. The molecule has 0 unspecified atom stereocenters. The molecule has 3 heteroatoms. The molecule has 0 aliphatic carbocycles. The first kappa shape index (κ1) is 14.1. The summed E-state index contributed by atoms with van der Waals surface area (Å²) in [4.78, 5) is 0. The number of hydrogen-bond acceptors (Lipinski definition) is 2. The van der Waals surface area contributed by atoms with Crippen LogP contribution in [0.1, 0.15) is 0 Å². The number of phenols is 2. The van der Waals surface area contributed by atoms with E-state index in [1.807, 2.05) is 48.5 Å². The number of fused-ring (bicyclic) bond motifs is 4. The van der Waals surface area contributed by atoms with E-state index in [1.165, 1.54) is 12.1 Å². The second-order valence-electron chi connectivity index (χ2n) is 6.33. The van der Waals surface area contributed by atoms with Crippen molar-refractivity contribution >= 4 is 43.1 Å². The second kappa shape index (κ2) is 4.84. The van der Waals surface area contributed by atoms with Crippen molar-refractivity contribution in [2.75, 3.05) is 0 Å². The van der Waals surface area contributed by atoms with Crippen molar-refractivity contribution in [1.82, 2.24) is 0 Å². The Morgan fingerprint density at radius 2 is 1.08 bits per heavy atom. The second-order valence-corrected chi connectivity index (χ2v) is 6.33. The van der Waals surface area contributed by atoms with Gasteiger partial charge in [0.25, 0.3) is 0 Å². The van der Waals surface area contributed by atoms with Gasteiger partial charge in [0, 0.05) is 21.5 Å². The van der Waals surface area contributed by atoms with Gasteiger partial charge in [0.15, 0.2) is 0 Å². The van der Waals surface area contributed by atoms with Crippen molar-refractivity contribution in [3.8, 4) is 11.5 Å². The zero-order chi connectivity index (χ0) is 17.1. The van der Waals surface area contributed by atoms with Crippen LogP contribution in [0, 0.1) is 5.82 Å². The zero-order valence-electron chi connectivity index (χ0n) is 13.1. The summed E-state index contributed by atoms with van der Waals surface area (Å²) in [5.74, 6) is -0.0955. The normalized spacial score (nSPS) is 11.7. The molecule has 2 N–H and O–H groups in total. The number of benzene rings is 5. The molecule has 0 atom stereocenters. The summed E-state index contributed by atoms with van der Waals surface area (Å²) >= 11 is 0. The van der Waals surface area contributed by atoms with E-state index in [0.29, 0.717) is 10.8 Å². The summed E-state index contributed by atoms with van der Waals surface area (Å²) in [6.45, 7) is 0. The van der Waals surface area contributed by atoms with Crippen LogP contribution in [0.4, 0.5) is 4.39 Å². The maximum Gasteiger partial charge on any atom is 0.131 e. The molecule has 2 nitrogen and oxygen atoms in total. The van der Waals surface area contributed by atoms with Crippen LogP contribution in [0.25, 0.3) is 43.1 Å². The zero-order valence-corrected chi connectivity index (χ0v) is 13.1. The molecule has 0 spiro atoms. The topological polar surface area (TPSA) is 40.5 Å². The highest BCUT2D eigenvalue weighted by Crippen LogP contribution is 2.40. The van der Waals surface area contributed by atoms with Crippen molar-refractivity contribution in [2.45, 2.75) is 0 Å². The Labute approximate surface area is 142 Å². The van der Waals surface area contributed by atoms with Crippen LogP contribution in [0.15, 0.2) is 66.7 Å². The predicted molar refractivity (Wildman–Crippen MR) is 99.8 cm³/mol. The van der Waals surface area contributed by atoms with Gasteiger partial charge in [0.05, 0.1) is 0 Å². The highest BCUT2D eigenvalue weighted by molar-refractivity contribution is 6.14. The first-order chi connectivity index (χ1) is 12.1. The van der Waals surface area contributed by atoms with Crippen molar-refractivity contribution in [2.24, 2.45) is 0 Å². The fourth-order valence-corrected chi connectivity index (χ4v) is 3.61. The van der Waals surface area contributed by atoms with Crippen molar-refractivity contribution in [3.05, 3.63) is 72.5 Å². The maximum absolute atomic E-state index is 13.6. The van der Waals surface area contributed by atoms with Gasteiger partial charge in [-0.1, -0.05) is 30.3 Å². The van der Waals surface area contributed by atoms with Crippen LogP contribution in [0.5, 0.6) is 11.5 Å².